The molecule has 0 aliphatic carbocycles. The highest BCUT2D eigenvalue weighted by Crippen LogP contribution is 2.30. The highest BCUT2D eigenvalue weighted by molar-refractivity contribution is 6.07. The van der Waals surface area contributed by atoms with Gasteiger partial charge < -0.3 is 23.9 Å². The molecule has 1 amide bonds. The summed E-state index contributed by atoms with van der Waals surface area (Å²) in [7, 11) is 2.95. The number of methoxy groups -OCH3 is 2. The molecule has 0 saturated carbocycles. The van der Waals surface area contributed by atoms with Crippen LogP contribution in [0.3, 0.4) is 0 Å². The summed E-state index contributed by atoms with van der Waals surface area (Å²) in [5.41, 5.74) is 2.29. The van der Waals surface area contributed by atoms with Gasteiger partial charge in [0.05, 0.1) is 14.2 Å². The first-order chi connectivity index (χ1) is 14.6. The van der Waals surface area contributed by atoms with Crippen LogP contribution in [-0.2, 0) is 9.53 Å². The van der Waals surface area contributed by atoms with Crippen molar-refractivity contribution in [2.24, 2.45) is 0 Å². The molecule has 4 rings (SSSR count). The first-order valence-electron chi connectivity index (χ1n) is 9.19. The Hall–Kier alpha value is -4.00. The number of furan rings is 1. The summed E-state index contributed by atoms with van der Waals surface area (Å²) in [6.07, 6.45) is 0. The third-order valence-corrected chi connectivity index (χ3v) is 4.62. The molecule has 30 heavy (non-hydrogen) atoms. The Morgan fingerprint density at radius 3 is 2.50 bits per heavy atom. The minimum atomic E-state index is -0.666. The summed E-state index contributed by atoms with van der Waals surface area (Å²) in [4.78, 5) is 24.6. The van der Waals surface area contributed by atoms with Gasteiger partial charge in [0, 0.05) is 22.5 Å². The molecule has 0 atom stereocenters. The van der Waals surface area contributed by atoms with E-state index in [2.05, 4.69) is 5.32 Å². The van der Waals surface area contributed by atoms with Gasteiger partial charge in [-0.1, -0.05) is 18.2 Å². The Balaban J connectivity index is 1.43. The van der Waals surface area contributed by atoms with Crippen molar-refractivity contribution >= 4 is 39.5 Å². The normalized spacial score (nSPS) is 10.7. The standard InChI is InChI=1S/C23H19NO6/c1-27-15-8-9-17(21(12-15)28-2)23(26)29-13-22(25)24-14-7-10-20-18(11-14)16-5-3-4-6-19(16)30-20/h3-12H,13H2,1-2H3,(H,24,25). The van der Waals surface area contributed by atoms with Crippen LogP contribution in [0, 0.1) is 0 Å². The lowest BCUT2D eigenvalue weighted by Gasteiger charge is -2.10. The van der Waals surface area contributed by atoms with Crippen molar-refractivity contribution < 1.29 is 28.2 Å². The zero-order chi connectivity index (χ0) is 21.1. The van der Waals surface area contributed by atoms with Gasteiger partial charge in [0.1, 0.15) is 28.2 Å². The van der Waals surface area contributed by atoms with Crippen LogP contribution in [0.4, 0.5) is 5.69 Å². The fraction of sp³-hybridized carbons (Fsp3) is 0.130. The predicted octanol–water partition coefficient (Wildman–Crippen LogP) is 4.40. The van der Waals surface area contributed by atoms with Crippen molar-refractivity contribution in [1.29, 1.82) is 0 Å². The maximum absolute atomic E-state index is 12.3. The van der Waals surface area contributed by atoms with Gasteiger partial charge in [-0.05, 0) is 36.4 Å². The van der Waals surface area contributed by atoms with Crippen LogP contribution in [0.5, 0.6) is 11.5 Å². The van der Waals surface area contributed by atoms with Gasteiger partial charge >= 0.3 is 5.97 Å². The number of nitrogens with one attached hydrogen (secondary N) is 1. The van der Waals surface area contributed by atoms with E-state index >= 15 is 0 Å². The molecular formula is C23H19NO6. The van der Waals surface area contributed by atoms with Crippen molar-refractivity contribution in [3.63, 3.8) is 0 Å². The second kappa shape index (κ2) is 8.16. The lowest BCUT2D eigenvalue weighted by Crippen LogP contribution is -2.21. The van der Waals surface area contributed by atoms with Gasteiger partial charge in [0.25, 0.3) is 5.91 Å². The Morgan fingerprint density at radius 2 is 1.70 bits per heavy atom. The van der Waals surface area contributed by atoms with Crippen LogP contribution >= 0.6 is 0 Å². The Labute approximate surface area is 172 Å². The summed E-state index contributed by atoms with van der Waals surface area (Å²) in [6, 6.07) is 17.7. The van der Waals surface area contributed by atoms with Crippen LogP contribution in [0.25, 0.3) is 21.9 Å². The van der Waals surface area contributed by atoms with Crippen molar-refractivity contribution in [1.82, 2.24) is 0 Å². The van der Waals surface area contributed by atoms with E-state index in [1.807, 2.05) is 30.3 Å². The molecule has 1 heterocycles. The summed E-state index contributed by atoms with van der Waals surface area (Å²) >= 11 is 0. The van der Waals surface area contributed by atoms with Gasteiger partial charge in [-0.15, -0.1) is 0 Å². The number of anilines is 1. The van der Waals surface area contributed by atoms with Gasteiger partial charge in [0.15, 0.2) is 6.61 Å². The number of hydrogen-bond donors (Lipinski definition) is 1. The lowest BCUT2D eigenvalue weighted by atomic mass is 10.1. The second-order valence-corrected chi connectivity index (χ2v) is 6.50. The lowest BCUT2D eigenvalue weighted by molar-refractivity contribution is -0.119. The molecule has 0 aliphatic heterocycles. The number of ether oxygens (including phenoxy) is 3. The van der Waals surface area contributed by atoms with E-state index in [1.165, 1.54) is 20.3 Å². The molecule has 3 aromatic carbocycles. The number of fused-ring (bicyclic) bond motifs is 3. The van der Waals surface area contributed by atoms with Crippen LogP contribution in [0.2, 0.25) is 0 Å². The second-order valence-electron chi connectivity index (χ2n) is 6.50. The minimum Gasteiger partial charge on any atom is -0.497 e. The number of para-hydroxylation sites is 1. The monoisotopic (exact) mass is 405 g/mol. The molecule has 7 nitrogen and oxygen atoms in total. The summed E-state index contributed by atoms with van der Waals surface area (Å²) in [5.74, 6) is -0.274. The summed E-state index contributed by atoms with van der Waals surface area (Å²) in [5, 5.41) is 4.58. The maximum Gasteiger partial charge on any atom is 0.342 e. The number of esters is 1. The van der Waals surface area contributed by atoms with Gasteiger partial charge in [0.2, 0.25) is 0 Å². The van der Waals surface area contributed by atoms with Gasteiger partial charge in [-0.25, -0.2) is 4.79 Å². The number of amides is 1. The van der Waals surface area contributed by atoms with Crippen LogP contribution in [0.15, 0.2) is 65.1 Å². The molecular weight excluding hydrogens is 386 g/mol. The Morgan fingerprint density at radius 1 is 0.900 bits per heavy atom. The fourth-order valence-corrected chi connectivity index (χ4v) is 3.18. The summed E-state index contributed by atoms with van der Waals surface area (Å²) in [6.45, 7) is -0.432. The Kier molecular flexibility index (Phi) is 5.26. The highest BCUT2D eigenvalue weighted by atomic mass is 16.5. The molecule has 0 fully saturated rings. The van der Waals surface area contributed by atoms with Crippen LogP contribution in [0.1, 0.15) is 10.4 Å². The molecule has 0 unspecified atom stereocenters. The quantitative estimate of drug-likeness (QED) is 0.479. The molecule has 0 aliphatic rings. The highest BCUT2D eigenvalue weighted by Gasteiger charge is 2.16. The van der Waals surface area contributed by atoms with E-state index in [0.29, 0.717) is 17.2 Å². The van der Waals surface area contributed by atoms with Gasteiger partial charge in [-0.3, -0.25) is 4.79 Å². The van der Waals surface area contributed by atoms with E-state index in [-0.39, 0.29) is 5.56 Å². The molecule has 4 aromatic rings. The molecule has 0 saturated heterocycles. The molecule has 0 radical (unpaired) electrons. The van der Waals surface area contributed by atoms with Gasteiger partial charge in [-0.2, -0.15) is 0 Å². The third-order valence-electron chi connectivity index (χ3n) is 4.62. The molecule has 1 aromatic heterocycles. The van der Waals surface area contributed by atoms with Crippen LogP contribution in [-0.4, -0.2) is 32.7 Å². The average Bonchev–Trinajstić information content (AvgIpc) is 3.15. The van der Waals surface area contributed by atoms with Crippen molar-refractivity contribution in [2.45, 2.75) is 0 Å². The zero-order valence-corrected chi connectivity index (χ0v) is 16.4. The van der Waals surface area contributed by atoms with Crippen molar-refractivity contribution in [3.05, 3.63) is 66.2 Å². The molecule has 152 valence electrons. The van der Waals surface area contributed by atoms with E-state index < -0.39 is 18.5 Å². The smallest absolute Gasteiger partial charge is 0.342 e. The average molecular weight is 405 g/mol. The molecule has 1 N–H and O–H groups in total. The maximum atomic E-state index is 12.3. The van der Waals surface area contributed by atoms with E-state index in [0.717, 1.165) is 21.9 Å². The van der Waals surface area contributed by atoms with Crippen LogP contribution < -0.4 is 14.8 Å². The first kappa shape index (κ1) is 19.3. The number of carbonyl (C=O) groups is 2. The number of rotatable bonds is 6. The van der Waals surface area contributed by atoms with E-state index in [4.69, 9.17) is 18.6 Å². The number of benzene rings is 3. The third kappa shape index (κ3) is 3.77. The summed E-state index contributed by atoms with van der Waals surface area (Å²) < 4.78 is 21.2. The topological polar surface area (TPSA) is 87.0 Å². The zero-order valence-electron chi connectivity index (χ0n) is 16.4. The molecule has 0 bridgehead atoms. The molecule has 7 heteroatoms. The first-order valence-corrected chi connectivity index (χ1v) is 9.19. The van der Waals surface area contributed by atoms with E-state index in [9.17, 15) is 9.59 Å². The number of carbonyl (C=O) groups excluding carboxylic acids is 2. The van der Waals surface area contributed by atoms with Crippen molar-refractivity contribution in [3.8, 4) is 11.5 Å². The number of hydrogen-bond acceptors (Lipinski definition) is 6. The van der Waals surface area contributed by atoms with E-state index in [1.54, 1.807) is 24.3 Å². The Bertz CT molecular complexity index is 1240. The SMILES string of the molecule is COc1ccc(C(=O)OCC(=O)Nc2ccc3oc4ccccc4c3c2)c(OC)c1. The van der Waals surface area contributed by atoms with Crippen molar-refractivity contribution in [2.75, 3.05) is 26.1 Å². The predicted molar refractivity (Wildman–Crippen MR) is 112 cm³/mol. The largest absolute Gasteiger partial charge is 0.497 e. The fourth-order valence-electron chi connectivity index (χ4n) is 3.18. The minimum absolute atomic E-state index is 0.206. The molecule has 0 spiro atoms.